The lowest BCUT2D eigenvalue weighted by Gasteiger charge is -2.42. The van der Waals surface area contributed by atoms with E-state index in [0.717, 1.165) is 31.3 Å². The number of allylic oxidation sites excluding steroid dienone is 2. The van der Waals surface area contributed by atoms with Gasteiger partial charge in [0, 0.05) is 84.6 Å². The standard InChI is InChI=1S/C56H91N3O14/c1-34-16-12-11-13-17-35(2)46(68-8)32-42-21-19-40(7)56(67,73-42)52(63)53(64)59-25-15-14-18-43(59)54(65)71-47(33-44(60)36(3)29-39(6)50(62)51(70-10)49(61)38(5)28-34)37(4)30-41-20-22-45(48(31-41)69-9)72-55(66)58-26-23-57-24-27-58/h17,29,34,36-38,40-43,45-48,50-51,57,62,67H,11-16,18-28,30-33H2,1-10H3/b35-17?,39-29+/t34-,36-,37-,38-,40-,41+,42+,43+,45-,46+,47+,48-,50-,51+,56-/m1/s1. The molecule has 3 saturated heterocycles. The highest BCUT2D eigenvalue weighted by Gasteiger charge is 2.53. The Morgan fingerprint density at radius 3 is 2.23 bits per heavy atom. The van der Waals surface area contributed by atoms with Crippen molar-refractivity contribution in [3.05, 3.63) is 23.3 Å². The van der Waals surface area contributed by atoms with Crippen molar-refractivity contribution in [2.24, 2.45) is 35.5 Å². The van der Waals surface area contributed by atoms with Crippen molar-refractivity contribution < 1.29 is 67.4 Å². The summed E-state index contributed by atoms with van der Waals surface area (Å²) in [5, 5.41) is 26.8. The molecule has 4 heterocycles. The maximum atomic E-state index is 14.6. The van der Waals surface area contributed by atoms with Gasteiger partial charge in [-0.05, 0) is 120 Å². The molecule has 0 aromatic carbocycles. The Morgan fingerprint density at radius 2 is 1.55 bits per heavy atom. The zero-order valence-corrected chi connectivity index (χ0v) is 45.8. The summed E-state index contributed by atoms with van der Waals surface area (Å²) in [6.45, 7) is 15.6. The van der Waals surface area contributed by atoms with Gasteiger partial charge >= 0.3 is 12.1 Å². The summed E-state index contributed by atoms with van der Waals surface area (Å²) in [5.74, 6) is -7.72. The minimum atomic E-state index is -2.42. The summed E-state index contributed by atoms with van der Waals surface area (Å²) in [5.41, 5.74) is 1.39. The van der Waals surface area contributed by atoms with E-state index in [1.54, 1.807) is 46.0 Å². The number of hydrogen-bond donors (Lipinski definition) is 3. The van der Waals surface area contributed by atoms with Crippen LogP contribution < -0.4 is 5.32 Å². The second-order valence-electron chi connectivity index (χ2n) is 22.4. The molecular formula is C56H91N3O14. The molecule has 414 valence electrons. The Bertz CT molecular complexity index is 1920. The maximum absolute atomic E-state index is 14.6. The first kappa shape index (κ1) is 60.3. The predicted octanol–water partition coefficient (Wildman–Crippen LogP) is 6.68. The van der Waals surface area contributed by atoms with Crippen molar-refractivity contribution in [3.8, 4) is 0 Å². The third kappa shape index (κ3) is 16.2. The van der Waals surface area contributed by atoms with E-state index in [1.165, 1.54) is 12.0 Å². The van der Waals surface area contributed by atoms with Gasteiger partial charge in [0.1, 0.15) is 36.2 Å². The topological polar surface area (TPSA) is 217 Å². The number of nitrogens with zero attached hydrogens (tertiary/aromatic N) is 2. The van der Waals surface area contributed by atoms with Crippen LogP contribution >= 0.6 is 0 Å². The molecular weight excluding hydrogens is 939 g/mol. The number of piperidine rings is 1. The Morgan fingerprint density at radius 1 is 0.836 bits per heavy atom. The van der Waals surface area contributed by atoms with E-state index in [1.807, 2.05) is 20.8 Å². The average molecular weight is 1030 g/mol. The number of nitrogens with one attached hydrogen (secondary N) is 1. The van der Waals surface area contributed by atoms with Crippen LogP contribution in [0.25, 0.3) is 0 Å². The minimum absolute atomic E-state index is 0.0628. The summed E-state index contributed by atoms with van der Waals surface area (Å²) < 4.78 is 36.0. The van der Waals surface area contributed by atoms with Crippen LogP contribution in [0.15, 0.2) is 23.3 Å². The van der Waals surface area contributed by atoms with Gasteiger partial charge < -0.3 is 53.8 Å². The maximum Gasteiger partial charge on any atom is 0.410 e. The van der Waals surface area contributed by atoms with Crippen molar-refractivity contribution in [2.75, 3.05) is 54.1 Å². The highest BCUT2D eigenvalue weighted by molar-refractivity contribution is 6.39. The number of amides is 2. The second-order valence-corrected chi connectivity index (χ2v) is 22.4. The number of piperazine rings is 1. The molecule has 5 aliphatic rings. The van der Waals surface area contributed by atoms with Gasteiger partial charge in [0.05, 0.1) is 18.3 Å². The molecule has 0 aromatic heterocycles. The lowest BCUT2D eigenvalue weighted by molar-refractivity contribution is -0.265. The number of methoxy groups -OCH3 is 3. The highest BCUT2D eigenvalue weighted by atomic mass is 16.6. The number of carbonyl (C=O) groups is 6. The quantitative estimate of drug-likeness (QED) is 0.138. The molecule has 1 saturated carbocycles. The first-order valence-electron chi connectivity index (χ1n) is 27.5. The SMILES string of the molecule is CO[C@H]1C[C@@H]2CC[C@@H](C)[C@@](O)(O2)C(=O)C(=O)N2CCCC[C@H]2C(=O)O[C@H]([C@H](C)C[C@@H]2CC[C@@H](OC(=O)N3CCNCC3)[C@H](OC)C2)CC(=O)[C@H](C)/C=C(\C)[C@@H](O)[C@@H](OC)C(=O)[C@H](C)C[C@H](C)CCCCC=C1C. The molecule has 15 atom stereocenters. The molecule has 1 aliphatic carbocycles. The van der Waals surface area contributed by atoms with Gasteiger partial charge in [-0.15, -0.1) is 0 Å². The first-order chi connectivity index (χ1) is 34.7. The minimum Gasteiger partial charge on any atom is -0.460 e. The number of fused-ring (bicyclic) bond motifs is 3. The molecule has 0 unspecified atom stereocenters. The van der Waals surface area contributed by atoms with Crippen LogP contribution in [0, 0.1) is 35.5 Å². The Hall–Kier alpha value is -3.58. The Kier molecular flexibility index (Phi) is 23.6. The molecule has 0 radical (unpaired) electrons. The van der Waals surface area contributed by atoms with Gasteiger partial charge in [-0.3, -0.25) is 19.2 Å². The fraction of sp³-hybridized carbons (Fsp3) is 0.821. The zero-order valence-electron chi connectivity index (χ0n) is 45.8. The summed E-state index contributed by atoms with van der Waals surface area (Å²) in [6.07, 6.45) is 7.32. The number of Topliss-reactive ketones (excluding diaryl/α,β-unsaturated/α-hetero) is 3. The fourth-order valence-corrected chi connectivity index (χ4v) is 11.8. The summed E-state index contributed by atoms with van der Waals surface area (Å²) in [7, 11) is 4.62. The Balaban J connectivity index is 1.42. The molecule has 2 bridgehead atoms. The number of aliphatic hydroxyl groups excluding tert-OH is 1. The number of rotatable bonds is 7. The second kappa shape index (κ2) is 28.5. The highest BCUT2D eigenvalue weighted by Crippen LogP contribution is 2.38. The van der Waals surface area contributed by atoms with Gasteiger partial charge in [0.2, 0.25) is 5.79 Å². The summed E-state index contributed by atoms with van der Waals surface area (Å²) in [6, 6.07) is -1.16. The van der Waals surface area contributed by atoms with E-state index in [2.05, 4.69) is 18.3 Å². The molecule has 17 nitrogen and oxygen atoms in total. The van der Waals surface area contributed by atoms with Gasteiger partial charge in [0.25, 0.3) is 11.7 Å². The first-order valence-corrected chi connectivity index (χ1v) is 27.5. The van der Waals surface area contributed by atoms with Crippen LogP contribution in [0.4, 0.5) is 4.79 Å². The van der Waals surface area contributed by atoms with E-state index in [4.69, 9.17) is 28.4 Å². The largest absolute Gasteiger partial charge is 0.460 e. The van der Waals surface area contributed by atoms with Crippen LogP contribution in [-0.4, -0.2) is 164 Å². The third-order valence-corrected chi connectivity index (χ3v) is 16.7. The lowest BCUT2D eigenvalue weighted by atomic mass is 9.78. The van der Waals surface area contributed by atoms with Crippen LogP contribution in [-0.2, 0) is 52.4 Å². The number of aliphatic hydroxyl groups is 2. The number of hydrogen-bond acceptors (Lipinski definition) is 15. The number of ketones is 3. The summed E-state index contributed by atoms with van der Waals surface area (Å²) in [4.78, 5) is 87.4. The molecule has 0 aromatic rings. The van der Waals surface area contributed by atoms with Crippen LogP contribution in [0.5, 0.6) is 0 Å². The Labute approximate surface area is 435 Å². The van der Waals surface area contributed by atoms with Gasteiger partial charge in [0.15, 0.2) is 5.78 Å². The fourth-order valence-electron chi connectivity index (χ4n) is 11.8. The van der Waals surface area contributed by atoms with E-state index in [9.17, 15) is 39.0 Å². The van der Waals surface area contributed by atoms with Gasteiger partial charge in [-0.2, -0.15) is 0 Å². The number of esters is 1. The monoisotopic (exact) mass is 1030 g/mol. The van der Waals surface area contributed by atoms with E-state index >= 15 is 0 Å². The van der Waals surface area contributed by atoms with Gasteiger partial charge in [-0.25, -0.2) is 9.59 Å². The third-order valence-electron chi connectivity index (χ3n) is 16.7. The van der Waals surface area contributed by atoms with Crippen molar-refractivity contribution in [3.63, 3.8) is 0 Å². The van der Waals surface area contributed by atoms with E-state index in [-0.39, 0.29) is 72.9 Å². The van der Waals surface area contributed by atoms with Crippen molar-refractivity contribution in [1.82, 2.24) is 15.1 Å². The molecule has 5 rings (SSSR count). The normalized spacial score (nSPS) is 37.3. The summed E-state index contributed by atoms with van der Waals surface area (Å²) >= 11 is 0. The van der Waals surface area contributed by atoms with Gasteiger partial charge in [-0.1, -0.05) is 59.6 Å². The van der Waals surface area contributed by atoms with E-state index in [0.29, 0.717) is 96.0 Å². The van der Waals surface area contributed by atoms with Crippen LogP contribution in [0.2, 0.25) is 0 Å². The smallest absolute Gasteiger partial charge is 0.410 e. The molecule has 4 fully saturated rings. The molecule has 0 spiro atoms. The number of ether oxygens (including phenoxy) is 6. The van der Waals surface area contributed by atoms with Crippen molar-refractivity contribution in [1.29, 1.82) is 0 Å². The van der Waals surface area contributed by atoms with Crippen LogP contribution in [0.1, 0.15) is 151 Å². The molecule has 4 aliphatic heterocycles. The van der Waals surface area contributed by atoms with Crippen molar-refractivity contribution in [2.45, 2.75) is 206 Å². The lowest BCUT2D eigenvalue weighted by Crippen LogP contribution is -2.61. The van der Waals surface area contributed by atoms with E-state index < -0.39 is 71.8 Å². The molecule has 73 heavy (non-hydrogen) atoms. The average Bonchev–Trinajstić information content (AvgIpc) is 3.38. The molecule has 3 N–H and O–H groups in total. The van der Waals surface area contributed by atoms with Crippen LogP contribution in [0.3, 0.4) is 0 Å². The zero-order chi connectivity index (χ0) is 53.6. The van der Waals surface area contributed by atoms with Crippen molar-refractivity contribution >= 4 is 35.3 Å². The predicted molar refractivity (Wildman–Crippen MR) is 274 cm³/mol. The number of carbonyl (C=O) groups excluding carboxylic acids is 6. The molecule has 2 amide bonds. The number of cyclic esters (lactones) is 1. The molecule has 17 heteroatoms.